The van der Waals surface area contributed by atoms with Gasteiger partial charge in [0.1, 0.15) is 17.3 Å². The van der Waals surface area contributed by atoms with Crippen molar-refractivity contribution in [1.29, 1.82) is 0 Å². The third kappa shape index (κ3) is 2.42. The predicted molar refractivity (Wildman–Crippen MR) is 76.6 cm³/mol. The van der Waals surface area contributed by atoms with Gasteiger partial charge in [-0.15, -0.1) is 0 Å². The van der Waals surface area contributed by atoms with E-state index < -0.39 is 0 Å². The van der Waals surface area contributed by atoms with Crippen LogP contribution >= 0.6 is 0 Å². The third-order valence-electron chi connectivity index (χ3n) is 3.11. The van der Waals surface area contributed by atoms with Crippen molar-refractivity contribution >= 4 is 16.6 Å². The second-order valence-corrected chi connectivity index (χ2v) is 4.49. The summed E-state index contributed by atoms with van der Waals surface area (Å²) in [6.45, 7) is 2.48. The van der Waals surface area contributed by atoms with Gasteiger partial charge >= 0.3 is 0 Å². The minimum absolute atomic E-state index is 0.220. The molecule has 0 amide bonds. The zero-order valence-corrected chi connectivity index (χ0v) is 11.1. The first kappa shape index (κ1) is 12.5. The van der Waals surface area contributed by atoms with E-state index in [0.717, 1.165) is 23.0 Å². The molecular weight excluding hydrogens is 254 g/mol. The van der Waals surface area contributed by atoms with Gasteiger partial charge in [-0.3, -0.25) is 0 Å². The molecule has 5 heteroatoms. The first-order valence-corrected chi connectivity index (χ1v) is 6.51. The van der Waals surface area contributed by atoms with E-state index in [4.69, 9.17) is 4.42 Å². The van der Waals surface area contributed by atoms with Crippen LogP contribution in [0.3, 0.4) is 0 Å². The van der Waals surface area contributed by atoms with Gasteiger partial charge in [-0.2, -0.15) is 0 Å². The maximum absolute atomic E-state index is 9.59. The topological polar surface area (TPSA) is 71.2 Å². The van der Waals surface area contributed by atoms with Gasteiger partial charge in [-0.1, -0.05) is 13.0 Å². The van der Waals surface area contributed by atoms with Gasteiger partial charge < -0.3 is 14.8 Å². The Bertz CT molecular complexity index is 737. The number of pyridine rings is 1. The highest BCUT2D eigenvalue weighted by Crippen LogP contribution is 2.25. The number of phenols is 1. The maximum Gasteiger partial charge on any atom is 0.213 e. The molecule has 0 saturated heterocycles. The van der Waals surface area contributed by atoms with Crippen LogP contribution < -0.4 is 5.32 Å². The molecule has 0 spiro atoms. The SMILES string of the molecule is CCc1cnc(CNc2nccc3ccc(O)cc23)o1. The summed E-state index contributed by atoms with van der Waals surface area (Å²) in [5.41, 5.74) is 0. The number of aryl methyl sites for hydroxylation is 1. The molecule has 2 N–H and O–H groups in total. The average molecular weight is 269 g/mol. The maximum atomic E-state index is 9.59. The first-order valence-electron chi connectivity index (χ1n) is 6.51. The average Bonchev–Trinajstić information content (AvgIpc) is 2.93. The number of nitrogens with one attached hydrogen (secondary N) is 1. The molecule has 2 aromatic heterocycles. The number of rotatable bonds is 4. The summed E-state index contributed by atoms with van der Waals surface area (Å²) in [4.78, 5) is 8.49. The van der Waals surface area contributed by atoms with Gasteiger partial charge in [0.05, 0.1) is 12.7 Å². The van der Waals surface area contributed by atoms with E-state index in [0.29, 0.717) is 18.3 Å². The lowest BCUT2D eigenvalue weighted by atomic mass is 10.1. The fourth-order valence-electron chi connectivity index (χ4n) is 2.05. The number of hydrogen-bond donors (Lipinski definition) is 2. The number of aromatic hydroxyl groups is 1. The van der Waals surface area contributed by atoms with Crippen LogP contribution in [0.4, 0.5) is 5.82 Å². The van der Waals surface area contributed by atoms with E-state index in [1.54, 1.807) is 24.5 Å². The summed E-state index contributed by atoms with van der Waals surface area (Å²) in [6, 6.07) is 7.11. The highest BCUT2D eigenvalue weighted by atomic mass is 16.4. The van der Waals surface area contributed by atoms with Crippen LogP contribution in [0.1, 0.15) is 18.6 Å². The minimum atomic E-state index is 0.220. The summed E-state index contributed by atoms with van der Waals surface area (Å²) < 4.78 is 5.54. The molecule has 0 unspecified atom stereocenters. The Balaban J connectivity index is 1.85. The van der Waals surface area contributed by atoms with Crippen molar-refractivity contribution in [3.8, 4) is 5.75 Å². The van der Waals surface area contributed by atoms with E-state index in [-0.39, 0.29) is 5.75 Å². The van der Waals surface area contributed by atoms with E-state index in [9.17, 15) is 5.11 Å². The Hall–Kier alpha value is -2.56. The number of anilines is 1. The van der Waals surface area contributed by atoms with Crippen molar-refractivity contribution < 1.29 is 9.52 Å². The van der Waals surface area contributed by atoms with E-state index in [1.165, 1.54) is 0 Å². The summed E-state index contributed by atoms with van der Waals surface area (Å²) in [5.74, 6) is 2.42. The van der Waals surface area contributed by atoms with E-state index in [2.05, 4.69) is 15.3 Å². The van der Waals surface area contributed by atoms with Crippen LogP contribution in [0.25, 0.3) is 10.8 Å². The molecule has 102 valence electrons. The van der Waals surface area contributed by atoms with Crippen molar-refractivity contribution in [2.75, 3.05) is 5.32 Å². The lowest BCUT2D eigenvalue weighted by Crippen LogP contribution is -2.02. The summed E-state index contributed by atoms with van der Waals surface area (Å²) >= 11 is 0. The number of oxazole rings is 1. The number of aromatic nitrogens is 2. The Labute approximate surface area is 116 Å². The van der Waals surface area contributed by atoms with Crippen LogP contribution in [0, 0.1) is 0 Å². The number of nitrogens with zero attached hydrogens (tertiary/aromatic N) is 2. The van der Waals surface area contributed by atoms with Gasteiger partial charge in [0.2, 0.25) is 5.89 Å². The number of phenolic OH excluding ortho intramolecular Hbond substituents is 1. The second-order valence-electron chi connectivity index (χ2n) is 4.49. The zero-order valence-electron chi connectivity index (χ0n) is 11.1. The highest BCUT2D eigenvalue weighted by molar-refractivity contribution is 5.92. The fraction of sp³-hybridized carbons (Fsp3) is 0.200. The summed E-state index contributed by atoms with van der Waals surface area (Å²) in [6.07, 6.45) is 4.29. The minimum Gasteiger partial charge on any atom is -0.508 e. The molecule has 2 heterocycles. The Morgan fingerprint density at radius 1 is 1.25 bits per heavy atom. The van der Waals surface area contributed by atoms with E-state index in [1.807, 2.05) is 19.1 Å². The van der Waals surface area contributed by atoms with Crippen molar-refractivity contribution in [2.45, 2.75) is 19.9 Å². The predicted octanol–water partition coefficient (Wildman–Crippen LogP) is 3.10. The highest BCUT2D eigenvalue weighted by Gasteiger charge is 2.06. The molecule has 0 radical (unpaired) electrons. The number of hydrogen-bond acceptors (Lipinski definition) is 5. The van der Waals surface area contributed by atoms with Gasteiger partial charge in [0.25, 0.3) is 0 Å². The molecular formula is C15H15N3O2. The van der Waals surface area contributed by atoms with Crippen molar-refractivity contribution in [2.24, 2.45) is 0 Å². The summed E-state index contributed by atoms with van der Waals surface area (Å²) in [7, 11) is 0. The largest absolute Gasteiger partial charge is 0.508 e. The van der Waals surface area contributed by atoms with Crippen molar-refractivity contribution in [1.82, 2.24) is 9.97 Å². The molecule has 5 nitrogen and oxygen atoms in total. The Morgan fingerprint density at radius 3 is 2.95 bits per heavy atom. The van der Waals surface area contributed by atoms with Crippen molar-refractivity contribution in [3.05, 3.63) is 48.3 Å². The molecule has 0 fully saturated rings. The number of benzene rings is 1. The summed E-state index contributed by atoms with van der Waals surface area (Å²) in [5, 5.41) is 14.7. The lowest BCUT2D eigenvalue weighted by molar-refractivity contribution is 0.465. The van der Waals surface area contributed by atoms with E-state index >= 15 is 0 Å². The molecule has 20 heavy (non-hydrogen) atoms. The Morgan fingerprint density at radius 2 is 2.15 bits per heavy atom. The lowest BCUT2D eigenvalue weighted by Gasteiger charge is -2.07. The zero-order chi connectivity index (χ0) is 13.9. The molecule has 1 aromatic carbocycles. The second kappa shape index (κ2) is 5.21. The quantitative estimate of drug-likeness (QED) is 0.761. The van der Waals surface area contributed by atoms with Gasteiger partial charge in [0.15, 0.2) is 0 Å². The fourth-order valence-corrected chi connectivity index (χ4v) is 2.05. The van der Waals surface area contributed by atoms with Crippen LogP contribution in [0.15, 0.2) is 41.1 Å². The van der Waals surface area contributed by atoms with Gasteiger partial charge in [-0.05, 0) is 23.6 Å². The monoisotopic (exact) mass is 269 g/mol. The Kier molecular flexibility index (Phi) is 3.25. The first-order chi connectivity index (χ1) is 9.76. The molecule has 0 aliphatic rings. The van der Waals surface area contributed by atoms with Gasteiger partial charge in [0, 0.05) is 18.0 Å². The smallest absolute Gasteiger partial charge is 0.213 e. The molecule has 0 aliphatic carbocycles. The number of fused-ring (bicyclic) bond motifs is 1. The molecule has 3 rings (SSSR count). The molecule has 3 aromatic rings. The molecule has 0 saturated carbocycles. The van der Waals surface area contributed by atoms with Crippen LogP contribution in [0.2, 0.25) is 0 Å². The van der Waals surface area contributed by atoms with Crippen LogP contribution in [-0.2, 0) is 13.0 Å². The third-order valence-corrected chi connectivity index (χ3v) is 3.11. The molecule has 0 bridgehead atoms. The molecule has 0 atom stereocenters. The van der Waals surface area contributed by atoms with Crippen LogP contribution in [0.5, 0.6) is 5.75 Å². The normalized spacial score (nSPS) is 10.8. The van der Waals surface area contributed by atoms with Crippen molar-refractivity contribution in [3.63, 3.8) is 0 Å². The van der Waals surface area contributed by atoms with Gasteiger partial charge in [-0.25, -0.2) is 9.97 Å². The van der Waals surface area contributed by atoms with Crippen LogP contribution in [-0.4, -0.2) is 15.1 Å². The standard InChI is InChI=1S/C15H15N3O2/c1-2-12-8-17-14(20-12)9-18-15-13-7-11(19)4-3-10(13)5-6-16-15/h3-8,19H,2,9H2,1H3,(H,16,18). The molecule has 0 aliphatic heterocycles.